The Balaban J connectivity index is 1.61. The third kappa shape index (κ3) is 9.12. The molecule has 2 aromatic carbocycles. The minimum atomic E-state index is -0.00845. The van der Waals surface area contributed by atoms with E-state index in [9.17, 15) is 4.79 Å². The van der Waals surface area contributed by atoms with Crippen LogP contribution < -0.4 is 5.32 Å². The Kier molecular flexibility index (Phi) is 12.4. The van der Waals surface area contributed by atoms with Crippen molar-refractivity contribution < 1.29 is 4.79 Å². The van der Waals surface area contributed by atoms with Crippen LogP contribution in [0.1, 0.15) is 72.7 Å². The Morgan fingerprint density at radius 3 is 2.22 bits per heavy atom. The summed E-state index contributed by atoms with van der Waals surface area (Å²) in [6.07, 6.45) is 10.3. The fourth-order valence-electron chi connectivity index (χ4n) is 4.25. The smallest absolute Gasteiger partial charge is 0.228 e. The average molecular weight is 553 g/mol. The number of aromatic nitrogens is 1. The lowest BCUT2D eigenvalue weighted by Crippen LogP contribution is -2.16. The average Bonchev–Trinajstić information content (AvgIpc) is 2.91. The van der Waals surface area contributed by atoms with Crippen molar-refractivity contribution in [2.24, 2.45) is 0 Å². The lowest BCUT2D eigenvalue weighted by atomic mass is 10.0. The fourth-order valence-corrected chi connectivity index (χ4v) is 6.89. The molecule has 198 valence electrons. The molecule has 1 aromatic heterocycles. The van der Waals surface area contributed by atoms with Crippen LogP contribution in [0, 0.1) is 6.92 Å². The van der Waals surface area contributed by atoms with Gasteiger partial charge < -0.3 is 5.32 Å². The number of hydrogen-bond acceptors (Lipinski definition) is 5. The molecule has 0 aliphatic heterocycles. The molecule has 0 radical (unpaired) electrons. The molecule has 3 rings (SSSR count). The van der Waals surface area contributed by atoms with E-state index in [1.807, 2.05) is 37.3 Å². The van der Waals surface area contributed by atoms with Gasteiger partial charge in [-0.05, 0) is 67.0 Å². The summed E-state index contributed by atoms with van der Waals surface area (Å²) in [6.45, 7) is 6.48. The number of pyridine rings is 1. The summed E-state index contributed by atoms with van der Waals surface area (Å²) in [7, 11) is 0. The summed E-state index contributed by atoms with van der Waals surface area (Å²) < 4.78 is 0. The van der Waals surface area contributed by atoms with Gasteiger partial charge >= 0.3 is 0 Å². The second kappa shape index (κ2) is 15.5. The van der Waals surface area contributed by atoms with Crippen LogP contribution in [-0.2, 0) is 23.4 Å². The Morgan fingerprint density at radius 1 is 0.919 bits per heavy atom. The van der Waals surface area contributed by atoms with Gasteiger partial charge in [-0.15, -0.1) is 35.3 Å². The molecule has 0 saturated heterocycles. The van der Waals surface area contributed by atoms with Crippen LogP contribution in [0.4, 0.5) is 5.69 Å². The number of aryl methyl sites for hydroxylation is 2. The predicted molar refractivity (Wildman–Crippen MR) is 165 cm³/mol. The van der Waals surface area contributed by atoms with Gasteiger partial charge in [0, 0.05) is 21.6 Å². The monoisotopic (exact) mass is 552 g/mol. The van der Waals surface area contributed by atoms with E-state index in [1.54, 1.807) is 23.5 Å². The van der Waals surface area contributed by atoms with Crippen molar-refractivity contribution in [2.75, 3.05) is 17.8 Å². The molecule has 0 aliphatic carbocycles. The highest BCUT2D eigenvalue weighted by atomic mass is 32.2. The van der Waals surface area contributed by atoms with E-state index in [1.165, 1.54) is 36.0 Å². The number of hydrogen-bond donors (Lipinski definition) is 1. The van der Waals surface area contributed by atoms with E-state index >= 15 is 0 Å². The van der Waals surface area contributed by atoms with Gasteiger partial charge in [0.25, 0.3) is 0 Å². The molecule has 6 heteroatoms. The van der Waals surface area contributed by atoms with E-state index in [2.05, 4.69) is 72.7 Å². The van der Waals surface area contributed by atoms with Crippen molar-refractivity contribution in [2.45, 2.75) is 80.2 Å². The third-order valence-corrected chi connectivity index (χ3v) is 9.17. The lowest BCUT2D eigenvalue weighted by molar-refractivity contribution is -0.115. The maximum atomic E-state index is 12.9. The molecular weight excluding hydrogens is 513 g/mol. The van der Waals surface area contributed by atoms with Crippen LogP contribution in [0.25, 0.3) is 0 Å². The van der Waals surface area contributed by atoms with Crippen LogP contribution in [0.15, 0.2) is 64.5 Å². The standard InChI is InChI=1S/C31H40N2OS3/c1-6-8-10-23-11-13-25(14-12-23)21-37-27(9-7-2)26-17-15-24(16-18-26)20-29(34)33-30-28(35-4)19-22(3)32-31(30)36-5/h11-19,27H,6-10,20-21H2,1-5H3,(H,33,34). The van der Waals surface area contributed by atoms with Gasteiger partial charge in [0.05, 0.1) is 12.1 Å². The lowest BCUT2D eigenvalue weighted by Gasteiger charge is -2.17. The molecule has 1 amide bonds. The Hall–Kier alpha value is -1.89. The van der Waals surface area contributed by atoms with Gasteiger partial charge in [-0.1, -0.05) is 75.2 Å². The van der Waals surface area contributed by atoms with Gasteiger partial charge in [-0.25, -0.2) is 4.98 Å². The van der Waals surface area contributed by atoms with Gasteiger partial charge in [0.15, 0.2) is 0 Å². The normalized spacial score (nSPS) is 11.9. The van der Waals surface area contributed by atoms with E-state index in [-0.39, 0.29) is 5.91 Å². The zero-order valence-electron chi connectivity index (χ0n) is 22.8. The summed E-state index contributed by atoms with van der Waals surface area (Å²) >= 11 is 5.21. The molecule has 3 nitrogen and oxygen atoms in total. The first-order valence-corrected chi connectivity index (χ1v) is 16.6. The van der Waals surface area contributed by atoms with Crippen molar-refractivity contribution in [1.29, 1.82) is 0 Å². The first-order valence-electron chi connectivity index (χ1n) is 13.1. The number of unbranched alkanes of at least 4 members (excludes halogenated alkanes) is 1. The highest BCUT2D eigenvalue weighted by Gasteiger charge is 2.15. The Labute approximate surface area is 236 Å². The Bertz CT molecular complexity index is 1110. The zero-order valence-corrected chi connectivity index (χ0v) is 25.3. The highest BCUT2D eigenvalue weighted by molar-refractivity contribution is 7.99. The molecule has 3 aromatic rings. The first kappa shape index (κ1) is 29.7. The minimum absolute atomic E-state index is 0.00845. The summed E-state index contributed by atoms with van der Waals surface area (Å²) in [5, 5.41) is 4.44. The maximum absolute atomic E-state index is 12.9. The van der Waals surface area contributed by atoms with E-state index in [4.69, 9.17) is 0 Å². The number of amides is 1. The van der Waals surface area contributed by atoms with Gasteiger partial charge in [0.2, 0.25) is 5.91 Å². The molecule has 0 saturated carbocycles. The van der Waals surface area contributed by atoms with E-state index < -0.39 is 0 Å². The molecule has 1 heterocycles. The number of rotatable bonds is 14. The van der Waals surface area contributed by atoms with Gasteiger partial charge in [-0.2, -0.15) is 0 Å². The van der Waals surface area contributed by atoms with Crippen molar-refractivity contribution in [3.63, 3.8) is 0 Å². The van der Waals surface area contributed by atoms with Gasteiger partial charge in [-0.3, -0.25) is 4.79 Å². The largest absolute Gasteiger partial charge is 0.323 e. The summed E-state index contributed by atoms with van der Waals surface area (Å²) in [4.78, 5) is 18.6. The van der Waals surface area contributed by atoms with E-state index in [0.29, 0.717) is 11.7 Å². The molecule has 37 heavy (non-hydrogen) atoms. The Morgan fingerprint density at radius 2 is 1.59 bits per heavy atom. The van der Waals surface area contributed by atoms with Crippen molar-refractivity contribution in [1.82, 2.24) is 4.98 Å². The van der Waals surface area contributed by atoms with Crippen LogP contribution in [0.5, 0.6) is 0 Å². The molecule has 0 aliphatic rings. The van der Waals surface area contributed by atoms with Crippen LogP contribution in [0.2, 0.25) is 0 Å². The minimum Gasteiger partial charge on any atom is -0.323 e. The second-order valence-corrected chi connectivity index (χ2v) is 12.2. The number of carbonyl (C=O) groups is 1. The van der Waals surface area contributed by atoms with Crippen LogP contribution in [-0.4, -0.2) is 23.4 Å². The van der Waals surface area contributed by atoms with Gasteiger partial charge in [0.1, 0.15) is 5.03 Å². The molecular formula is C31H40N2OS3. The molecule has 1 unspecified atom stereocenters. The maximum Gasteiger partial charge on any atom is 0.228 e. The molecule has 1 N–H and O–H groups in total. The van der Waals surface area contributed by atoms with Crippen molar-refractivity contribution in [3.05, 3.63) is 82.5 Å². The summed E-state index contributed by atoms with van der Waals surface area (Å²) in [5.41, 5.74) is 6.98. The fraction of sp³-hybridized carbons (Fsp3) is 0.419. The molecule has 1 atom stereocenters. The summed E-state index contributed by atoms with van der Waals surface area (Å²) in [6, 6.07) is 19.8. The molecule has 0 bridgehead atoms. The predicted octanol–water partition coefficient (Wildman–Crippen LogP) is 9.13. The number of thioether (sulfide) groups is 3. The number of carbonyl (C=O) groups excluding carboxylic acids is 1. The number of anilines is 1. The van der Waals surface area contributed by atoms with E-state index in [0.717, 1.165) is 45.5 Å². The number of benzene rings is 2. The van der Waals surface area contributed by atoms with Crippen LogP contribution >= 0.6 is 35.3 Å². The number of nitrogens with one attached hydrogen (secondary N) is 1. The molecule has 0 fully saturated rings. The van der Waals surface area contributed by atoms with Crippen LogP contribution in [0.3, 0.4) is 0 Å². The second-order valence-electron chi connectivity index (χ2n) is 9.33. The van der Waals surface area contributed by atoms with Crippen molar-refractivity contribution >= 4 is 46.9 Å². The van der Waals surface area contributed by atoms with Crippen molar-refractivity contribution in [3.8, 4) is 0 Å². The summed E-state index contributed by atoms with van der Waals surface area (Å²) in [5.74, 6) is 1.01. The highest BCUT2D eigenvalue weighted by Crippen LogP contribution is 2.36. The third-order valence-electron chi connectivity index (χ3n) is 6.32. The topological polar surface area (TPSA) is 42.0 Å². The molecule has 0 spiro atoms. The first-order chi connectivity index (χ1) is 18.0. The quantitative estimate of drug-likeness (QED) is 0.202. The SMILES string of the molecule is CCCCc1ccc(CSC(CCC)c2ccc(CC(=O)Nc3c(SC)cc(C)nc3SC)cc2)cc1. The number of nitrogens with zero attached hydrogens (tertiary/aromatic N) is 1. The zero-order chi connectivity index (χ0) is 26.6.